The van der Waals surface area contributed by atoms with Crippen molar-refractivity contribution >= 4 is 29.7 Å². The highest BCUT2D eigenvalue weighted by Gasteiger charge is 2.23. The number of benzene rings is 1. The van der Waals surface area contributed by atoms with Gasteiger partial charge in [-0.2, -0.15) is 0 Å². The average Bonchev–Trinajstić information content (AvgIpc) is 2.69. The third kappa shape index (κ3) is 9.50. The molecule has 1 aromatic rings. The van der Waals surface area contributed by atoms with Crippen molar-refractivity contribution in [3.63, 3.8) is 0 Å². The smallest absolute Gasteiger partial charge is 0.322 e. The van der Waals surface area contributed by atoms with Gasteiger partial charge in [0.25, 0.3) is 0 Å². The number of hydrogen-bond donors (Lipinski definition) is 7. The van der Waals surface area contributed by atoms with Gasteiger partial charge in [0.1, 0.15) is 18.3 Å². The van der Waals surface area contributed by atoms with E-state index in [1.54, 1.807) is 0 Å². The summed E-state index contributed by atoms with van der Waals surface area (Å²) in [5.74, 6) is -4.57. The zero-order valence-corrected chi connectivity index (χ0v) is 16.0. The monoisotopic (exact) mass is 424 g/mol. The first-order valence-electron chi connectivity index (χ1n) is 8.90. The molecule has 2 atom stereocenters. The Labute approximate surface area is 171 Å². The zero-order valence-electron chi connectivity index (χ0n) is 16.0. The van der Waals surface area contributed by atoms with Gasteiger partial charge in [-0.25, -0.2) is 0 Å². The van der Waals surface area contributed by atoms with Gasteiger partial charge >= 0.3 is 11.9 Å². The van der Waals surface area contributed by atoms with Gasteiger partial charge in [0.05, 0.1) is 12.6 Å². The highest BCUT2D eigenvalue weighted by molar-refractivity contribution is 5.92. The van der Waals surface area contributed by atoms with Gasteiger partial charge in [-0.15, -0.1) is 0 Å². The number of hydrogen-bond acceptors (Lipinski definition) is 7. The molecule has 164 valence electrons. The zero-order chi connectivity index (χ0) is 22.7. The molecule has 0 saturated carbocycles. The number of phenolic OH excluding ortho intramolecular Hbond substituents is 1. The number of carboxylic acid groups (broad SMARTS) is 2. The molecule has 0 radical (unpaired) electrons. The number of nitrogens with one attached hydrogen (secondary N) is 3. The van der Waals surface area contributed by atoms with E-state index in [4.69, 9.17) is 15.9 Å². The second kappa shape index (κ2) is 12.0. The van der Waals surface area contributed by atoms with E-state index < -0.39 is 54.8 Å². The van der Waals surface area contributed by atoms with E-state index in [0.717, 1.165) is 0 Å². The highest BCUT2D eigenvalue weighted by atomic mass is 16.4. The first-order chi connectivity index (χ1) is 14.1. The molecule has 0 aliphatic rings. The van der Waals surface area contributed by atoms with E-state index in [-0.39, 0.29) is 25.0 Å². The fraction of sp³-hybridized carbons (Fsp3) is 0.389. The first kappa shape index (κ1) is 24.4. The summed E-state index contributed by atoms with van der Waals surface area (Å²) in [5, 5.41) is 33.4. The molecule has 0 bridgehead atoms. The van der Waals surface area contributed by atoms with E-state index >= 15 is 0 Å². The predicted molar refractivity (Wildman–Crippen MR) is 102 cm³/mol. The molecule has 3 amide bonds. The minimum atomic E-state index is -1.26. The molecule has 0 saturated heterocycles. The average molecular weight is 424 g/mol. The van der Waals surface area contributed by atoms with Crippen LogP contribution in [0.2, 0.25) is 0 Å². The van der Waals surface area contributed by atoms with Gasteiger partial charge in [-0.05, 0) is 24.1 Å². The molecule has 0 aliphatic heterocycles. The molecular formula is C18H24N4O8. The van der Waals surface area contributed by atoms with Gasteiger partial charge in [0, 0.05) is 12.8 Å². The Morgan fingerprint density at radius 3 is 2.07 bits per heavy atom. The second-order valence-corrected chi connectivity index (χ2v) is 6.36. The van der Waals surface area contributed by atoms with Crippen LogP contribution in [-0.2, 0) is 30.4 Å². The summed E-state index contributed by atoms with van der Waals surface area (Å²) in [7, 11) is 0. The van der Waals surface area contributed by atoms with Crippen molar-refractivity contribution in [2.45, 2.75) is 31.3 Å². The van der Waals surface area contributed by atoms with E-state index in [9.17, 15) is 29.1 Å². The van der Waals surface area contributed by atoms with Crippen LogP contribution in [0.4, 0.5) is 0 Å². The van der Waals surface area contributed by atoms with Crippen LogP contribution in [0.5, 0.6) is 5.75 Å². The molecular weight excluding hydrogens is 400 g/mol. The van der Waals surface area contributed by atoms with E-state index in [1.165, 1.54) is 24.3 Å². The van der Waals surface area contributed by atoms with Crippen molar-refractivity contribution in [2.75, 3.05) is 13.1 Å². The Kier molecular flexibility index (Phi) is 9.76. The van der Waals surface area contributed by atoms with Crippen LogP contribution in [0.1, 0.15) is 18.4 Å². The topological polar surface area (TPSA) is 208 Å². The van der Waals surface area contributed by atoms with Crippen LogP contribution in [0.3, 0.4) is 0 Å². The van der Waals surface area contributed by atoms with Crippen LogP contribution < -0.4 is 21.7 Å². The normalized spacial score (nSPS) is 12.3. The summed E-state index contributed by atoms with van der Waals surface area (Å²) < 4.78 is 0. The Bertz CT molecular complexity index is 781. The minimum Gasteiger partial charge on any atom is -0.508 e. The van der Waals surface area contributed by atoms with E-state index in [1.807, 2.05) is 0 Å². The predicted octanol–water partition coefficient (Wildman–Crippen LogP) is -2.07. The summed E-state index contributed by atoms with van der Waals surface area (Å²) in [6.45, 7) is -1.16. The van der Waals surface area contributed by atoms with Crippen LogP contribution in [0, 0.1) is 0 Å². The minimum absolute atomic E-state index is 0.00352. The lowest BCUT2D eigenvalue weighted by Gasteiger charge is -2.19. The maximum absolute atomic E-state index is 12.2. The molecule has 0 fully saturated rings. The molecule has 0 aliphatic carbocycles. The Morgan fingerprint density at radius 1 is 0.900 bits per heavy atom. The molecule has 8 N–H and O–H groups in total. The summed E-state index contributed by atoms with van der Waals surface area (Å²) in [6.07, 6.45) is -0.410. The molecule has 12 nitrogen and oxygen atoms in total. The van der Waals surface area contributed by atoms with Gasteiger partial charge in [-0.3, -0.25) is 24.0 Å². The Balaban J connectivity index is 2.67. The third-order valence-electron chi connectivity index (χ3n) is 3.87. The van der Waals surface area contributed by atoms with Gasteiger partial charge < -0.3 is 37.0 Å². The van der Waals surface area contributed by atoms with Crippen LogP contribution in [-0.4, -0.2) is 70.2 Å². The molecule has 0 spiro atoms. The van der Waals surface area contributed by atoms with Crippen molar-refractivity contribution in [1.29, 1.82) is 0 Å². The lowest BCUT2D eigenvalue weighted by Crippen LogP contribution is -2.52. The number of aromatic hydroxyl groups is 1. The fourth-order valence-electron chi connectivity index (χ4n) is 2.32. The van der Waals surface area contributed by atoms with E-state index in [2.05, 4.69) is 16.0 Å². The fourth-order valence-corrected chi connectivity index (χ4v) is 2.32. The largest absolute Gasteiger partial charge is 0.508 e. The number of aliphatic carboxylic acids is 2. The van der Waals surface area contributed by atoms with Crippen molar-refractivity contribution in [3.8, 4) is 5.75 Å². The molecule has 12 heteroatoms. The van der Waals surface area contributed by atoms with Crippen molar-refractivity contribution < 1.29 is 39.3 Å². The molecule has 0 aromatic heterocycles. The number of nitrogens with two attached hydrogens (primary N) is 1. The molecule has 1 rings (SSSR count). The Morgan fingerprint density at radius 2 is 1.50 bits per heavy atom. The van der Waals surface area contributed by atoms with Crippen molar-refractivity contribution in [3.05, 3.63) is 29.8 Å². The van der Waals surface area contributed by atoms with Crippen LogP contribution in [0.15, 0.2) is 24.3 Å². The summed E-state index contributed by atoms with van der Waals surface area (Å²) in [6, 6.07) is 3.59. The van der Waals surface area contributed by atoms with Crippen LogP contribution >= 0.6 is 0 Å². The van der Waals surface area contributed by atoms with Crippen LogP contribution in [0.25, 0.3) is 0 Å². The number of carbonyl (C=O) groups is 5. The van der Waals surface area contributed by atoms with Gasteiger partial charge in [-0.1, -0.05) is 12.1 Å². The summed E-state index contributed by atoms with van der Waals surface area (Å²) >= 11 is 0. The molecule has 1 aromatic carbocycles. The quantitative estimate of drug-likeness (QED) is 0.196. The summed E-state index contributed by atoms with van der Waals surface area (Å²) in [5.41, 5.74) is 6.12. The maximum atomic E-state index is 12.2. The maximum Gasteiger partial charge on any atom is 0.322 e. The molecule has 30 heavy (non-hydrogen) atoms. The van der Waals surface area contributed by atoms with E-state index in [0.29, 0.717) is 5.56 Å². The number of phenols is 1. The molecule has 0 heterocycles. The number of amides is 3. The first-order valence-corrected chi connectivity index (χ1v) is 8.90. The highest BCUT2D eigenvalue weighted by Crippen LogP contribution is 2.11. The second-order valence-electron chi connectivity index (χ2n) is 6.36. The number of carbonyl (C=O) groups excluding carboxylic acids is 3. The van der Waals surface area contributed by atoms with Crippen molar-refractivity contribution in [2.24, 2.45) is 5.73 Å². The SMILES string of the molecule is NC(CCC(=O)O)C(=O)NCC(=O)NC(Cc1ccc(O)cc1)C(=O)NCC(=O)O. The standard InChI is InChI=1S/C18H24N4O8/c19-12(5-6-15(25)26)17(29)20-8-14(24)22-13(18(30)21-9-16(27)28)7-10-1-3-11(23)4-2-10/h1-4,12-13,23H,5-9,19H2,(H,20,29)(H,21,30)(H,22,24)(H,25,26)(H,27,28). The number of rotatable bonds is 12. The van der Waals surface area contributed by atoms with Crippen molar-refractivity contribution in [1.82, 2.24) is 16.0 Å². The Hall–Kier alpha value is -3.67. The van der Waals surface area contributed by atoms with Gasteiger partial charge in [0.2, 0.25) is 17.7 Å². The third-order valence-corrected chi connectivity index (χ3v) is 3.87. The summed E-state index contributed by atoms with van der Waals surface area (Å²) in [4.78, 5) is 57.3. The molecule has 2 unspecified atom stereocenters. The lowest BCUT2D eigenvalue weighted by molar-refractivity contribution is -0.139. The number of carboxylic acids is 2. The lowest BCUT2D eigenvalue weighted by atomic mass is 10.0. The van der Waals surface area contributed by atoms with Gasteiger partial charge in [0.15, 0.2) is 0 Å².